The molecule has 0 fully saturated rings. The van der Waals surface area contributed by atoms with E-state index in [9.17, 15) is 0 Å². The predicted molar refractivity (Wildman–Crippen MR) is 55.5 cm³/mol. The molecule has 4 heteroatoms. The zero-order valence-corrected chi connectivity index (χ0v) is 8.32. The van der Waals surface area contributed by atoms with Crippen LogP contribution in [-0.2, 0) is 0 Å². The minimum absolute atomic E-state index is 0.630. The van der Waals surface area contributed by atoms with Crippen LogP contribution in [0.3, 0.4) is 0 Å². The number of rotatable bonds is 2. The third-order valence-corrected chi connectivity index (χ3v) is 2.13. The van der Waals surface area contributed by atoms with E-state index in [1.165, 1.54) is 0 Å². The highest BCUT2D eigenvalue weighted by Crippen LogP contribution is 2.22. The lowest BCUT2D eigenvalue weighted by Crippen LogP contribution is -1.97. The fourth-order valence-electron chi connectivity index (χ4n) is 1.44. The molecular formula is C10H13N3O. The Hall–Kier alpha value is -1.71. The van der Waals surface area contributed by atoms with Crippen molar-refractivity contribution in [1.82, 2.24) is 9.38 Å². The van der Waals surface area contributed by atoms with Gasteiger partial charge in [-0.15, -0.1) is 0 Å². The van der Waals surface area contributed by atoms with E-state index in [0.717, 1.165) is 17.1 Å². The molecule has 0 aliphatic heterocycles. The first-order valence-corrected chi connectivity index (χ1v) is 4.60. The van der Waals surface area contributed by atoms with Crippen molar-refractivity contribution in [3.05, 3.63) is 24.0 Å². The molecule has 14 heavy (non-hydrogen) atoms. The molecule has 74 valence electrons. The molecule has 0 aliphatic carbocycles. The van der Waals surface area contributed by atoms with Crippen molar-refractivity contribution >= 4 is 11.5 Å². The van der Waals surface area contributed by atoms with Crippen molar-refractivity contribution in [2.45, 2.75) is 13.8 Å². The van der Waals surface area contributed by atoms with Gasteiger partial charge in [0.2, 0.25) is 0 Å². The number of hydrogen-bond donors (Lipinski definition) is 1. The van der Waals surface area contributed by atoms with Gasteiger partial charge in [-0.25, -0.2) is 4.98 Å². The summed E-state index contributed by atoms with van der Waals surface area (Å²) in [5.41, 5.74) is 7.46. The van der Waals surface area contributed by atoms with Gasteiger partial charge in [-0.2, -0.15) is 0 Å². The van der Waals surface area contributed by atoms with Gasteiger partial charge in [0, 0.05) is 6.20 Å². The summed E-state index contributed by atoms with van der Waals surface area (Å²) >= 11 is 0. The maximum atomic E-state index is 5.85. The SMILES string of the molecule is CCOc1cccn2c(N)c(C)nc12. The molecule has 0 saturated heterocycles. The number of nitrogens with two attached hydrogens (primary N) is 1. The van der Waals surface area contributed by atoms with E-state index in [1.54, 1.807) is 0 Å². The van der Waals surface area contributed by atoms with Crippen LogP contribution in [0.25, 0.3) is 5.65 Å². The van der Waals surface area contributed by atoms with Gasteiger partial charge in [0.1, 0.15) is 5.82 Å². The monoisotopic (exact) mass is 191 g/mol. The Morgan fingerprint density at radius 2 is 2.36 bits per heavy atom. The van der Waals surface area contributed by atoms with E-state index in [4.69, 9.17) is 10.5 Å². The van der Waals surface area contributed by atoms with Crippen LogP contribution in [0.5, 0.6) is 5.75 Å². The summed E-state index contributed by atoms with van der Waals surface area (Å²) in [5, 5.41) is 0. The summed E-state index contributed by atoms with van der Waals surface area (Å²) in [6, 6.07) is 3.79. The second-order valence-electron chi connectivity index (χ2n) is 3.08. The van der Waals surface area contributed by atoms with E-state index >= 15 is 0 Å². The molecule has 2 heterocycles. The summed E-state index contributed by atoms with van der Waals surface area (Å²) in [6.07, 6.45) is 1.88. The van der Waals surface area contributed by atoms with Crippen molar-refractivity contribution in [2.75, 3.05) is 12.3 Å². The molecule has 4 nitrogen and oxygen atoms in total. The average molecular weight is 191 g/mol. The molecule has 0 atom stereocenters. The Labute approximate surface area is 82.3 Å². The number of ether oxygens (including phenoxy) is 1. The maximum absolute atomic E-state index is 5.85. The molecule has 0 aliphatic rings. The number of hydrogen-bond acceptors (Lipinski definition) is 3. The average Bonchev–Trinajstić information content (AvgIpc) is 2.46. The molecule has 0 radical (unpaired) electrons. The number of anilines is 1. The Bertz CT molecular complexity index is 462. The second kappa shape index (κ2) is 3.21. The molecule has 0 spiro atoms. The first kappa shape index (κ1) is 8.87. The fourth-order valence-corrected chi connectivity index (χ4v) is 1.44. The molecular weight excluding hydrogens is 178 g/mol. The van der Waals surface area contributed by atoms with E-state index in [-0.39, 0.29) is 0 Å². The summed E-state index contributed by atoms with van der Waals surface area (Å²) in [6.45, 7) is 4.46. The smallest absolute Gasteiger partial charge is 0.181 e. The summed E-state index contributed by atoms with van der Waals surface area (Å²) in [5.74, 6) is 1.44. The van der Waals surface area contributed by atoms with Crippen LogP contribution in [-0.4, -0.2) is 16.0 Å². The van der Waals surface area contributed by atoms with E-state index in [2.05, 4.69) is 4.98 Å². The molecule has 0 unspecified atom stereocenters. The first-order chi connectivity index (χ1) is 6.74. The quantitative estimate of drug-likeness (QED) is 0.784. The van der Waals surface area contributed by atoms with Crippen LogP contribution >= 0.6 is 0 Å². The zero-order chi connectivity index (χ0) is 10.1. The van der Waals surface area contributed by atoms with Crippen LogP contribution in [0.1, 0.15) is 12.6 Å². The second-order valence-corrected chi connectivity index (χ2v) is 3.08. The van der Waals surface area contributed by atoms with Gasteiger partial charge in [0.15, 0.2) is 11.4 Å². The Kier molecular flexibility index (Phi) is 2.04. The Balaban J connectivity index is 2.68. The highest BCUT2D eigenvalue weighted by atomic mass is 16.5. The number of fused-ring (bicyclic) bond motifs is 1. The number of aryl methyl sites for hydroxylation is 1. The van der Waals surface area contributed by atoms with Crippen molar-refractivity contribution < 1.29 is 4.74 Å². The number of pyridine rings is 1. The van der Waals surface area contributed by atoms with Crippen LogP contribution < -0.4 is 10.5 Å². The van der Waals surface area contributed by atoms with Crippen LogP contribution in [0.4, 0.5) is 5.82 Å². The Morgan fingerprint density at radius 3 is 3.07 bits per heavy atom. The highest BCUT2D eigenvalue weighted by Gasteiger charge is 2.08. The predicted octanol–water partition coefficient (Wildman–Crippen LogP) is 1.62. The molecule has 0 saturated carbocycles. The van der Waals surface area contributed by atoms with E-state index in [0.29, 0.717) is 12.4 Å². The molecule has 0 aromatic carbocycles. The van der Waals surface area contributed by atoms with Gasteiger partial charge >= 0.3 is 0 Å². The molecule has 2 aromatic rings. The zero-order valence-electron chi connectivity index (χ0n) is 8.32. The fraction of sp³-hybridized carbons (Fsp3) is 0.300. The highest BCUT2D eigenvalue weighted by molar-refractivity contribution is 5.60. The van der Waals surface area contributed by atoms with Gasteiger partial charge in [-0.3, -0.25) is 4.40 Å². The van der Waals surface area contributed by atoms with Crippen LogP contribution in [0, 0.1) is 6.92 Å². The number of nitrogens with zero attached hydrogens (tertiary/aromatic N) is 2. The minimum atomic E-state index is 0.630. The van der Waals surface area contributed by atoms with Gasteiger partial charge in [-0.1, -0.05) is 0 Å². The van der Waals surface area contributed by atoms with Crippen LogP contribution in [0.2, 0.25) is 0 Å². The van der Waals surface area contributed by atoms with Crippen molar-refractivity contribution in [1.29, 1.82) is 0 Å². The number of nitrogen functional groups attached to an aromatic ring is 1. The topological polar surface area (TPSA) is 52.5 Å². The largest absolute Gasteiger partial charge is 0.490 e. The standard InChI is InChI=1S/C10H13N3O/c1-3-14-8-5-4-6-13-9(11)7(2)12-10(8)13/h4-6H,3,11H2,1-2H3. The maximum Gasteiger partial charge on any atom is 0.181 e. The first-order valence-electron chi connectivity index (χ1n) is 4.60. The Morgan fingerprint density at radius 1 is 1.57 bits per heavy atom. The van der Waals surface area contributed by atoms with E-state index < -0.39 is 0 Å². The molecule has 0 amide bonds. The van der Waals surface area contributed by atoms with Crippen LogP contribution in [0.15, 0.2) is 18.3 Å². The third kappa shape index (κ3) is 1.19. The van der Waals surface area contributed by atoms with Crippen molar-refractivity contribution in [3.8, 4) is 5.75 Å². The molecule has 2 N–H and O–H groups in total. The van der Waals surface area contributed by atoms with Gasteiger partial charge in [0.25, 0.3) is 0 Å². The summed E-state index contributed by atoms with van der Waals surface area (Å²) < 4.78 is 7.28. The van der Waals surface area contributed by atoms with Gasteiger partial charge in [-0.05, 0) is 26.0 Å². The minimum Gasteiger partial charge on any atom is -0.490 e. The van der Waals surface area contributed by atoms with Gasteiger partial charge < -0.3 is 10.5 Å². The van der Waals surface area contributed by atoms with Crippen molar-refractivity contribution in [3.63, 3.8) is 0 Å². The summed E-state index contributed by atoms with van der Waals surface area (Å²) in [7, 11) is 0. The van der Waals surface area contributed by atoms with Crippen molar-refractivity contribution in [2.24, 2.45) is 0 Å². The molecule has 2 rings (SSSR count). The molecule has 0 bridgehead atoms. The lowest BCUT2D eigenvalue weighted by atomic mass is 10.4. The van der Waals surface area contributed by atoms with E-state index in [1.807, 2.05) is 36.6 Å². The third-order valence-electron chi connectivity index (χ3n) is 2.13. The summed E-state index contributed by atoms with van der Waals surface area (Å²) in [4.78, 5) is 4.34. The normalized spacial score (nSPS) is 10.7. The lowest BCUT2D eigenvalue weighted by molar-refractivity contribution is 0.342. The van der Waals surface area contributed by atoms with Gasteiger partial charge in [0.05, 0.1) is 12.3 Å². The number of imidazole rings is 1. The molecule has 2 aromatic heterocycles. The lowest BCUT2D eigenvalue weighted by Gasteiger charge is -2.03. The number of aromatic nitrogens is 2.